The first kappa shape index (κ1) is 15.0. The van der Waals surface area contributed by atoms with E-state index in [1.807, 2.05) is 44.3 Å². The summed E-state index contributed by atoms with van der Waals surface area (Å²) in [6.45, 7) is 3.01. The molecule has 106 valence electrons. The van der Waals surface area contributed by atoms with Gasteiger partial charge in [0.25, 0.3) is 0 Å². The second-order valence-electron chi connectivity index (χ2n) is 4.07. The Morgan fingerprint density at radius 3 is 2.50 bits per heavy atom. The summed E-state index contributed by atoms with van der Waals surface area (Å²) < 4.78 is 6.56. The summed E-state index contributed by atoms with van der Waals surface area (Å²) in [5.74, 6) is 2.18. The first-order chi connectivity index (χ1) is 9.71. The van der Waals surface area contributed by atoms with Crippen LogP contribution in [0.1, 0.15) is 12.7 Å². The number of rotatable bonds is 6. The average molecular weight is 384 g/mol. The first-order valence-electron chi connectivity index (χ1n) is 6.37. The summed E-state index contributed by atoms with van der Waals surface area (Å²) >= 11 is 2.28. The van der Waals surface area contributed by atoms with Crippen LogP contribution >= 0.6 is 22.6 Å². The molecule has 0 atom stereocenters. The number of anilines is 3. The van der Waals surface area contributed by atoms with Crippen molar-refractivity contribution in [3.05, 3.63) is 39.7 Å². The molecule has 0 aliphatic heterocycles. The van der Waals surface area contributed by atoms with Crippen LogP contribution in [0, 0.1) is 3.57 Å². The number of halogens is 1. The highest BCUT2D eigenvalue weighted by Gasteiger charge is 2.04. The fraction of sp³-hybridized carbons (Fsp3) is 0.286. The molecule has 1 heterocycles. The lowest BCUT2D eigenvalue weighted by molar-refractivity contribution is 0.128. The number of ether oxygens (including phenoxy) is 1. The minimum atomic E-state index is 0.410. The van der Waals surface area contributed by atoms with Crippen LogP contribution in [0.3, 0.4) is 0 Å². The number of hydrogen-bond donors (Lipinski definition) is 2. The summed E-state index contributed by atoms with van der Waals surface area (Å²) in [4.78, 5) is 8.80. The number of benzene rings is 1. The monoisotopic (exact) mass is 384 g/mol. The molecular weight excluding hydrogens is 367 g/mol. The van der Waals surface area contributed by atoms with E-state index >= 15 is 0 Å². The summed E-state index contributed by atoms with van der Waals surface area (Å²) in [5.41, 5.74) is 0.994. The molecule has 6 heteroatoms. The van der Waals surface area contributed by atoms with Crippen molar-refractivity contribution in [1.29, 1.82) is 0 Å². The molecule has 2 aromatic rings. The maximum atomic E-state index is 5.36. The molecule has 20 heavy (non-hydrogen) atoms. The van der Waals surface area contributed by atoms with Gasteiger partial charge in [0.05, 0.1) is 0 Å². The fourth-order valence-electron chi connectivity index (χ4n) is 1.63. The zero-order valence-electron chi connectivity index (χ0n) is 11.5. The normalized spacial score (nSPS) is 10.3. The molecule has 0 unspecified atom stereocenters. The maximum Gasteiger partial charge on any atom is 0.158 e. The quantitative estimate of drug-likeness (QED) is 0.748. The molecule has 1 aromatic heterocycles. The minimum Gasteiger partial charge on any atom is -0.374 e. The lowest BCUT2D eigenvalue weighted by atomic mass is 10.3. The number of hydrogen-bond acceptors (Lipinski definition) is 5. The molecule has 5 nitrogen and oxygen atoms in total. The van der Waals surface area contributed by atoms with E-state index in [9.17, 15) is 0 Å². The highest BCUT2D eigenvalue weighted by molar-refractivity contribution is 14.1. The molecule has 0 radical (unpaired) electrons. The van der Waals surface area contributed by atoms with Gasteiger partial charge in [-0.25, -0.2) is 9.97 Å². The highest BCUT2D eigenvalue weighted by Crippen LogP contribution is 2.18. The van der Waals surface area contributed by atoms with Crippen molar-refractivity contribution in [3.63, 3.8) is 0 Å². The van der Waals surface area contributed by atoms with Crippen LogP contribution in [0.5, 0.6) is 0 Å². The first-order valence-corrected chi connectivity index (χ1v) is 7.45. The smallest absolute Gasteiger partial charge is 0.158 e. The summed E-state index contributed by atoms with van der Waals surface area (Å²) in [6, 6.07) is 10.00. The van der Waals surface area contributed by atoms with Crippen molar-refractivity contribution in [1.82, 2.24) is 9.97 Å². The topological polar surface area (TPSA) is 59.1 Å². The second kappa shape index (κ2) is 7.39. The van der Waals surface area contributed by atoms with Gasteiger partial charge in [-0.2, -0.15) is 0 Å². The molecule has 0 saturated carbocycles. The Labute approximate surface area is 132 Å². The SMILES string of the molecule is CCOCc1nc(NC)cc(Nc2ccc(I)cc2)n1. The van der Waals surface area contributed by atoms with E-state index in [0.717, 1.165) is 17.3 Å². The van der Waals surface area contributed by atoms with Gasteiger partial charge in [-0.3, -0.25) is 0 Å². The van der Waals surface area contributed by atoms with Crippen molar-refractivity contribution in [2.24, 2.45) is 0 Å². The van der Waals surface area contributed by atoms with Gasteiger partial charge in [0.2, 0.25) is 0 Å². The Morgan fingerprint density at radius 2 is 1.85 bits per heavy atom. The third-order valence-electron chi connectivity index (χ3n) is 2.58. The third kappa shape index (κ3) is 4.31. The Morgan fingerprint density at radius 1 is 1.15 bits per heavy atom. The van der Waals surface area contributed by atoms with Crippen LogP contribution in [-0.4, -0.2) is 23.6 Å². The summed E-state index contributed by atoms with van der Waals surface area (Å²) in [6.07, 6.45) is 0. The molecule has 0 aliphatic rings. The second-order valence-corrected chi connectivity index (χ2v) is 5.32. The van der Waals surface area contributed by atoms with Crippen LogP contribution < -0.4 is 10.6 Å². The lowest BCUT2D eigenvalue weighted by Gasteiger charge is -2.10. The van der Waals surface area contributed by atoms with Crippen molar-refractivity contribution >= 4 is 39.9 Å². The fourth-order valence-corrected chi connectivity index (χ4v) is 1.99. The summed E-state index contributed by atoms with van der Waals surface area (Å²) in [5, 5.41) is 6.30. The van der Waals surface area contributed by atoms with Crippen LogP contribution in [0.25, 0.3) is 0 Å². The molecule has 0 bridgehead atoms. The Hall–Kier alpha value is -1.41. The van der Waals surface area contributed by atoms with E-state index in [1.165, 1.54) is 3.57 Å². The van der Waals surface area contributed by atoms with E-state index in [-0.39, 0.29) is 0 Å². The van der Waals surface area contributed by atoms with Gasteiger partial charge in [-0.05, 0) is 53.8 Å². The van der Waals surface area contributed by atoms with Crippen molar-refractivity contribution in [2.45, 2.75) is 13.5 Å². The van der Waals surface area contributed by atoms with E-state index in [1.54, 1.807) is 0 Å². The molecule has 0 aliphatic carbocycles. The van der Waals surface area contributed by atoms with Crippen LogP contribution in [0.2, 0.25) is 0 Å². The predicted octanol–water partition coefficient (Wildman–Crippen LogP) is 3.40. The van der Waals surface area contributed by atoms with Gasteiger partial charge in [0.1, 0.15) is 18.2 Å². The van der Waals surface area contributed by atoms with Crippen molar-refractivity contribution < 1.29 is 4.74 Å². The Kier molecular flexibility index (Phi) is 5.54. The van der Waals surface area contributed by atoms with E-state index in [2.05, 4.69) is 43.2 Å². The van der Waals surface area contributed by atoms with Crippen LogP contribution in [0.4, 0.5) is 17.3 Å². The number of nitrogens with zero attached hydrogens (tertiary/aromatic N) is 2. The van der Waals surface area contributed by atoms with E-state index in [0.29, 0.717) is 19.0 Å². The zero-order chi connectivity index (χ0) is 14.4. The zero-order valence-corrected chi connectivity index (χ0v) is 13.6. The van der Waals surface area contributed by atoms with E-state index < -0.39 is 0 Å². The van der Waals surface area contributed by atoms with Gasteiger partial charge >= 0.3 is 0 Å². The molecule has 0 saturated heterocycles. The number of nitrogens with one attached hydrogen (secondary N) is 2. The Balaban J connectivity index is 2.19. The molecule has 2 rings (SSSR count). The van der Waals surface area contributed by atoms with Crippen LogP contribution in [0.15, 0.2) is 30.3 Å². The lowest BCUT2D eigenvalue weighted by Crippen LogP contribution is -2.05. The summed E-state index contributed by atoms with van der Waals surface area (Å²) in [7, 11) is 1.83. The van der Waals surface area contributed by atoms with Crippen LogP contribution in [-0.2, 0) is 11.3 Å². The predicted molar refractivity (Wildman–Crippen MR) is 89.4 cm³/mol. The van der Waals surface area contributed by atoms with Gasteiger partial charge < -0.3 is 15.4 Å². The molecule has 0 spiro atoms. The van der Waals surface area contributed by atoms with Gasteiger partial charge in [-0.1, -0.05) is 0 Å². The molecule has 0 amide bonds. The molecule has 2 N–H and O–H groups in total. The average Bonchev–Trinajstić information content (AvgIpc) is 2.47. The maximum absolute atomic E-state index is 5.36. The van der Waals surface area contributed by atoms with Gasteiger partial charge in [-0.15, -0.1) is 0 Å². The molecule has 0 fully saturated rings. The Bertz CT molecular complexity index is 560. The van der Waals surface area contributed by atoms with Gasteiger partial charge in [0, 0.05) is 29.0 Å². The van der Waals surface area contributed by atoms with E-state index in [4.69, 9.17) is 4.74 Å². The van der Waals surface area contributed by atoms with Crippen molar-refractivity contribution in [2.75, 3.05) is 24.3 Å². The largest absolute Gasteiger partial charge is 0.374 e. The highest BCUT2D eigenvalue weighted by atomic mass is 127. The number of aromatic nitrogens is 2. The van der Waals surface area contributed by atoms with Crippen molar-refractivity contribution in [3.8, 4) is 0 Å². The standard InChI is InChI=1S/C14H17IN4O/c1-3-20-9-14-18-12(16-2)8-13(19-14)17-11-6-4-10(15)5-7-11/h4-8H,3,9H2,1-2H3,(H2,16,17,18,19). The van der Waals surface area contributed by atoms with Gasteiger partial charge in [0.15, 0.2) is 5.82 Å². The minimum absolute atomic E-state index is 0.410. The third-order valence-corrected chi connectivity index (χ3v) is 3.30. The molecule has 1 aromatic carbocycles. The molecular formula is C14H17IN4O.